The lowest BCUT2D eigenvalue weighted by atomic mass is 10.0. The Labute approximate surface area is 164 Å². The average Bonchev–Trinajstić information content (AvgIpc) is 3.13. The van der Waals surface area contributed by atoms with Crippen molar-refractivity contribution in [2.24, 2.45) is 0 Å². The third kappa shape index (κ3) is 3.50. The molecule has 0 bridgehead atoms. The molecule has 4 rings (SSSR count). The molecule has 0 saturated carbocycles. The summed E-state index contributed by atoms with van der Waals surface area (Å²) < 4.78 is 2.08. The molecule has 6 nitrogen and oxygen atoms in total. The molecule has 28 heavy (non-hydrogen) atoms. The summed E-state index contributed by atoms with van der Waals surface area (Å²) in [7, 11) is 0. The van der Waals surface area contributed by atoms with E-state index < -0.39 is 0 Å². The lowest BCUT2D eigenvalue weighted by Crippen LogP contribution is -2.46. The van der Waals surface area contributed by atoms with E-state index in [-0.39, 0.29) is 17.9 Å². The van der Waals surface area contributed by atoms with Crippen molar-refractivity contribution in [1.29, 1.82) is 0 Å². The minimum Gasteiger partial charge on any atom is -0.349 e. The van der Waals surface area contributed by atoms with Crippen LogP contribution < -0.4 is 5.32 Å². The number of carbonyl (C=O) groups is 2. The van der Waals surface area contributed by atoms with Gasteiger partial charge in [-0.25, -0.2) is 0 Å². The molecule has 0 aliphatic carbocycles. The fraction of sp³-hybridized carbons (Fsp3) is 0.318. The van der Waals surface area contributed by atoms with E-state index in [4.69, 9.17) is 0 Å². The molecule has 0 atom stereocenters. The van der Waals surface area contributed by atoms with Crippen molar-refractivity contribution in [2.75, 3.05) is 13.1 Å². The zero-order valence-corrected chi connectivity index (χ0v) is 16.0. The van der Waals surface area contributed by atoms with Crippen LogP contribution in [0.2, 0.25) is 0 Å². The Hall–Kier alpha value is -3.15. The van der Waals surface area contributed by atoms with Gasteiger partial charge in [-0.15, -0.1) is 0 Å². The molecule has 144 valence electrons. The first-order valence-electron chi connectivity index (χ1n) is 9.76. The molecule has 1 aromatic carbocycles. The van der Waals surface area contributed by atoms with E-state index >= 15 is 0 Å². The van der Waals surface area contributed by atoms with E-state index in [1.807, 2.05) is 29.2 Å². The maximum Gasteiger partial charge on any atom is 0.270 e. The van der Waals surface area contributed by atoms with Gasteiger partial charge < -0.3 is 14.8 Å². The molecule has 0 spiro atoms. The number of hydrogen-bond acceptors (Lipinski definition) is 3. The number of aromatic nitrogens is 2. The van der Waals surface area contributed by atoms with Crippen LogP contribution in [0.15, 0.2) is 54.9 Å². The van der Waals surface area contributed by atoms with Gasteiger partial charge in [0.05, 0.1) is 5.56 Å². The minimum atomic E-state index is -0.107. The van der Waals surface area contributed by atoms with Gasteiger partial charge in [-0.2, -0.15) is 0 Å². The number of hydrogen-bond donors (Lipinski definition) is 1. The maximum atomic E-state index is 13.1. The van der Waals surface area contributed by atoms with Crippen molar-refractivity contribution < 1.29 is 9.59 Å². The number of likely N-dealkylation sites (tertiary alicyclic amines) is 1. The second kappa shape index (κ2) is 7.84. The van der Waals surface area contributed by atoms with Crippen LogP contribution in [-0.2, 0) is 6.54 Å². The van der Waals surface area contributed by atoms with Crippen molar-refractivity contribution in [3.8, 4) is 0 Å². The second-order valence-corrected chi connectivity index (χ2v) is 7.11. The monoisotopic (exact) mass is 376 g/mol. The number of rotatable bonds is 4. The van der Waals surface area contributed by atoms with Gasteiger partial charge in [-0.1, -0.05) is 18.2 Å². The summed E-state index contributed by atoms with van der Waals surface area (Å²) >= 11 is 0. The normalized spacial score (nSPS) is 15.0. The molecule has 3 heterocycles. The van der Waals surface area contributed by atoms with E-state index in [0.29, 0.717) is 18.7 Å². The molecule has 1 saturated heterocycles. The van der Waals surface area contributed by atoms with E-state index in [9.17, 15) is 9.59 Å². The van der Waals surface area contributed by atoms with Crippen molar-refractivity contribution in [1.82, 2.24) is 19.8 Å². The van der Waals surface area contributed by atoms with Crippen LogP contribution in [-0.4, -0.2) is 45.4 Å². The average molecular weight is 376 g/mol. The molecule has 3 aromatic rings. The predicted molar refractivity (Wildman–Crippen MR) is 108 cm³/mol. The number of amides is 2. The van der Waals surface area contributed by atoms with Crippen LogP contribution >= 0.6 is 0 Å². The van der Waals surface area contributed by atoms with Crippen molar-refractivity contribution in [3.05, 3.63) is 66.1 Å². The van der Waals surface area contributed by atoms with Crippen LogP contribution in [0.5, 0.6) is 0 Å². The summed E-state index contributed by atoms with van der Waals surface area (Å²) in [5.74, 6) is -0.0425. The first kappa shape index (κ1) is 18.2. The molecule has 1 aliphatic heterocycles. The van der Waals surface area contributed by atoms with Crippen LogP contribution in [0.4, 0.5) is 0 Å². The van der Waals surface area contributed by atoms with Gasteiger partial charge in [-0.3, -0.25) is 14.6 Å². The number of nitrogens with one attached hydrogen (secondary N) is 1. The Kier molecular flexibility index (Phi) is 5.10. The highest BCUT2D eigenvalue weighted by atomic mass is 16.2. The van der Waals surface area contributed by atoms with Gasteiger partial charge in [0.15, 0.2) is 0 Å². The molecule has 1 fully saturated rings. The highest BCUT2D eigenvalue weighted by Crippen LogP contribution is 2.22. The molecular weight excluding hydrogens is 352 g/mol. The van der Waals surface area contributed by atoms with Gasteiger partial charge in [0.2, 0.25) is 0 Å². The molecule has 2 aromatic heterocycles. The number of benzene rings is 1. The van der Waals surface area contributed by atoms with E-state index in [0.717, 1.165) is 36.0 Å². The topological polar surface area (TPSA) is 67.2 Å². The number of aryl methyl sites for hydroxylation is 1. The Balaban J connectivity index is 1.41. The Morgan fingerprint density at radius 1 is 1.14 bits per heavy atom. The lowest BCUT2D eigenvalue weighted by Gasteiger charge is -2.32. The van der Waals surface area contributed by atoms with Crippen LogP contribution in [0.25, 0.3) is 10.9 Å². The number of nitrogens with zero attached hydrogens (tertiary/aromatic N) is 3. The summed E-state index contributed by atoms with van der Waals surface area (Å²) in [5, 5.41) is 4.15. The third-order valence-corrected chi connectivity index (χ3v) is 5.39. The molecule has 1 N–H and O–H groups in total. The van der Waals surface area contributed by atoms with Crippen LogP contribution in [0.3, 0.4) is 0 Å². The zero-order valence-electron chi connectivity index (χ0n) is 16.0. The number of fused-ring (bicyclic) bond motifs is 1. The smallest absolute Gasteiger partial charge is 0.270 e. The molecule has 6 heteroatoms. The Morgan fingerprint density at radius 2 is 1.93 bits per heavy atom. The SMILES string of the molecule is CCn1c(C(=O)N2CCC(NC(=O)c3cccnc3)CC2)cc2ccccc21. The fourth-order valence-electron chi connectivity index (χ4n) is 3.88. The van der Waals surface area contributed by atoms with Gasteiger partial charge in [0.25, 0.3) is 11.8 Å². The first-order valence-corrected chi connectivity index (χ1v) is 9.76. The zero-order chi connectivity index (χ0) is 19.5. The maximum absolute atomic E-state index is 13.1. The van der Waals surface area contributed by atoms with E-state index in [2.05, 4.69) is 27.9 Å². The molecule has 0 radical (unpaired) electrons. The highest BCUT2D eigenvalue weighted by Gasteiger charge is 2.27. The van der Waals surface area contributed by atoms with Crippen molar-refractivity contribution in [2.45, 2.75) is 32.4 Å². The Bertz CT molecular complexity index is 988. The van der Waals surface area contributed by atoms with Crippen molar-refractivity contribution in [3.63, 3.8) is 0 Å². The summed E-state index contributed by atoms with van der Waals surface area (Å²) in [6.45, 7) is 4.10. The van der Waals surface area contributed by atoms with E-state index in [1.54, 1.807) is 24.5 Å². The number of carbonyl (C=O) groups excluding carboxylic acids is 2. The fourth-order valence-corrected chi connectivity index (χ4v) is 3.88. The number of pyridine rings is 1. The summed E-state index contributed by atoms with van der Waals surface area (Å²) in [6.07, 6.45) is 4.72. The van der Waals surface area contributed by atoms with Gasteiger partial charge in [-0.05, 0) is 44.0 Å². The van der Waals surface area contributed by atoms with Gasteiger partial charge in [0.1, 0.15) is 5.69 Å². The highest BCUT2D eigenvalue weighted by molar-refractivity contribution is 5.99. The van der Waals surface area contributed by atoms with E-state index in [1.165, 1.54) is 0 Å². The molecule has 0 unspecified atom stereocenters. The lowest BCUT2D eigenvalue weighted by molar-refractivity contribution is 0.0688. The van der Waals surface area contributed by atoms with Gasteiger partial charge in [0, 0.05) is 49.0 Å². The first-order chi connectivity index (χ1) is 13.7. The third-order valence-electron chi connectivity index (χ3n) is 5.39. The standard InChI is InChI=1S/C22H24N4O2/c1-2-26-19-8-4-3-6-16(19)14-20(26)22(28)25-12-9-18(10-13-25)24-21(27)17-7-5-11-23-15-17/h3-8,11,14-15,18H,2,9-10,12-13H2,1H3,(H,24,27). The number of piperidine rings is 1. The summed E-state index contributed by atoms with van der Waals surface area (Å²) in [6, 6.07) is 13.7. The Morgan fingerprint density at radius 3 is 2.64 bits per heavy atom. The second-order valence-electron chi connectivity index (χ2n) is 7.11. The quantitative estimate of drug-likeness (QED) is 0.761. The minimum absolute atomic E-state index is 0.0649. The van der Waals surface area contributed by atoms with Crippen LogP contribution in [0.1, 0.15) is 40.6 Å². The predicted octanol–water partition coefficient (Wildman–Crippen LogP) is 3.09. The van der Waals surface area contributed by atoms with Crippen molar-refractivity contribution >= 4 is 22.7 Å². The largest absolute Gasteiger partial charge is 0.349 e. The summed E-state index contributed by atoms with van der Waals surface area (Å²) in [5.41, 5.74) is 2.39. The molecular formula is C22H24N4O2. The molecule has 1 aliphatic rings. The van der Waals surface area contributed by atoms with Crippen LogP contribution in [0, 0.1) is 0 Å². The van der Waals surface area contributed by atoms with Gasteiger partial charge >= 0.3 is 0 Å². The summed E-state index contributed by atoms with van der Waals surface area (Å²) in [4.78, 5) is 31.3. The molecule has 2 amide bonds. The number of para-hydroxylation sites is 1.